The molecule has 0 spiro atoms. The lowest BCUT2D eigenvalue weighted by Crippen LogP contribution is -2.22. The van der Waals surface area contributed by atoms with Gasteiger partial charge in [0.1, 0.15) is 5.52 Å². The van der Waals surface area contributed by atoms with Crippen molar-refractivity contribution in [3.05, 3.63) is 18.6 Å². The van der Waals surface area contributed by atoms with Gasteiger partial charge in [-0.15, -0.1) is 0 Å². The first-order chi connectivity index (χ1) is 8.29. The fraction of sp³-hybridized carbons (Fsp3) is 0.500. The SMILES string of the molecule is Cn1cnc2c(N3CCC(CO)C3)nccc21. The minimum atomic E-state index is 0.259. The van der Waals surface area contributed by atoms with E-state index in [0.29, 0.717) is 5.92 Å². The van der Waals surface area contributed by atoms with Crippen LogP contribution >= 0.6 is 0 Å². The number of aliphatic hydroxyl groups is 1. The predicted molar refractivity (Wildman–Crippen MR) is 65.9 cm³/mol. The molecule has 1 N–H and O–H groups in total. The zero-order valence-electron chi connectivity index (χ0n) is 9.87. The smallest absolute Gasteiger partial charge is 0.156 e. The van der Waals surface area contributed by atoms with Crippen LogP contribution in [-0.2, 0) is 7.05 Å². The van der Waals surface area contributed by atoms with Gasteiger partial charge >= 0.3 is 0 Å². The van der Waals surface area contributed by atoms with Crippen molar-refractivity contribution >= 4 is 16.9 Å². The maximum Gasteiger partial charge on any atom is 0.156 e. The predicted octanol–water partition coefficient (Wildman–Crippen LogP) is 0.787. The molecule has 1 fully saturated rings. The van der Waals surface area contributed by atoms with E-state index in [1.54, 1.807) is 0 Å². The van der Waals surface area contributed by atoms with Crippen molar-refractivity contribution in [2.45, 2.75) is 6.42 Å². The number of rotatable bonds is 2. The molecule has 0 aliphatic carbocycles. The van der Waals surface area contributed by atoms with Gasteiger partial charge in [-0.25, -0.2) is 9.97 Å². The minimum Gasteiger partial charge on any atom is -0.396 e. The molecule has 3 heterocycles. The number of anilines is 1. The van der Waals surface area contributed by atoms with Crippen LogP contribution in [0.25, 0.3) is 11.0 Å². The second-order valence-corrected chi connectivity index (χ2v) is 4.64. The maximum atomic E-state index is 9.18. The molecule has 3 rings (SSSR count). The summed E-state index contributed by atoms with van der Waals surface area (Å²) in [6.07, 6.45) is 4.67. The van der Waals surface area contributed by atoms with E-state index in [9.17, 15) is 5.11 Å². The number of pyridine rings is 1. The lowest BCUT2D eigenvalue weighted by atomic mass is 10.1. The van der Waals surface area contributed by atoms with E-state index >= 15 is 0 Å². The van der Waals surface area contributed by atoms with Crippen molar-refractivity contribution in [1.82, 2.24) is 14.5 Å². The number of aryl methyl sites for hydroxylation is 1. The summed E-state index contributed by atoms with van der Waals surface area (Å²) in [5, 5.41) is 9.18. The van der Waals surface area contributed by atoms with Gasteiger partial charge in [-0.3, -0.25) is 0 Å². The second-order valence-electron chi connectivity index (χ2n) is 4.64. The minimum absolute atomic E-state index is 0.259. The molecule has 2 aromatic heterocycles. The van der Waals surface area contributed by atoms with E-state index in [1.165, 1.54) is 0 Å². The molecule has 90 valence electrons. The van der Waals surface area contributed by atoms with Gasteiger partial charge < -0.3 is 14.6 Å². The molecular weight excluding hydrogens is 216 g/mol. The standard InChI is InChI=1S/C12H16N4O/c1-15-8-14-11-10(15)2-4-13-12(11)16-5-3-9(6-16)7-17/h2,4,8-9,17H,3,5-7H2,1H3. The average molecular weight is 232 g/mol. The summed E-state index contributed by atoms with van der Waals surface area (Å²) < 4.78 is 2.00. The van der Waals surface area contributed by atoms with Gasteiger partial charge in [0.05, 0.1) is 11.8 Å². The molecule has 0 aromatic carbocycles. The Kier molecular flexibility index (Phi) is 2.48. The quantitative estimate of drug-likeness (QED) is 0.831. The Labute approximate surface area is 99.7 Å². The van der Waals surface area contributed by atoms with Crippen LogP contribution in [0.15, 0.2) is 18.6 Å². The number of aromatic nitrogens is 3. The van der Waals surface area contributed by atoms with Crippen LogP contribution in [0.2, 0.25) is 0 Å². The van der Waals surface area contributed by atoms with E-state index in [0.717, 1.165) is 36.4 Å². The van der Waals surface area contributed by atoms with Crippen molar-refractivity contribution in [3.63, 3.8) is 0 Å². The molecule has 0 bridgehead atoms. The highest BCUT2D eigenvalue weighted by Crippen LogP contribution is 2.27. The summed E-state index contributed by atoms with van der Waals surface area (Å²) in [6, 6.07) is 1.98. The molecule has 2 aromatic rings. The van der Waals surface area contributed by atoms with Crippen LogP contribution in [0.5, 0.6) is 0 Å². The topological polar surface area (TPSA) is 54.2 Å². The third-order valence-corrected chi connectivity index (χ3v) is 3.47. The number of aliphatic hydroxyl groups excluding tert-OH is 1. The normalized spacial score (nSPS) is 20.4. The average Bonchev–Trinajstić information content (AvgIpc) is 2.96. The summed E-state index contributed by atoms with van der Waals surface area (Å²) in [4.78, 5) is 11.1. The van der Waals surface area contributed by atoms with Gasteiger partial charge in [-0.2, -0.15) is 0 Å². The van der Waals surface area contributed by atoms with E-state index in [-0.39, 0.29) is 6.61 Å². The summed E-state index contributed by atoms with van der Waals surface area (Å²) in [7, 11) is 1.99. The van der Waals surface area contributed by atoms with Crippen LogP contribution in [0.1, 0.15) is 6.42 Å². The van der Waals surface area contributed by atoms with E-state index in [4.69, 9.17) is 0 Å². The van der Waals surface area contributed by atoms with Crippen LogP contribution in [0, 0.1) is 5.92 Å². The van der Waals surface area contributed by atoms with E-state index in [2.05, 4.69) is 14.9 Å². The molecule has 5 heteroatoms. The molecule has 1 saturated heterocycles. The Bertz CT molecular complexity index is 536. The summed E-state index contributed by atoms with van der Waals surface area (Å²) in [5.41, 5.74) is 2.05. The highest BCUT2D eigenvalue weighted by molar-refractivity contribution is 5.86. The van der Waals surface area contributed by atoms with Gasteiger partial charge in [0.2, 0.25) is 0 Å². The number of hydrogen-bond donors (Lipinski definition) is 1. The first kappa shape index (κ1) is 10.5. The van der Waals surface area contributed by atoms with Gasteiger partial charge in [-0.05, 0) is 12.5 Å². The van der Waals surface area contributed by atoms with Crippen LogP contribution in [0.4, 0.5) is 5.82 Å². The molecule has 0 radical (unpaired) electrons. The Morgan fingerprint density at radius 1 is 1.47 bits per heavy atom. The van der Waals surface area contributed by atoms with Crippen molar-refractivity contribution in [3.8, 4) is 0 Å². The van der Waals surface area contributed by atoms with E-state index < -0.39 is 0 Å². The lowest BCUT2D eigenvalue weighted by Gasteiger charge is -2.17. The van der Waals surface area contributed by atoms with Crippen LogP contribution in [0.3, 0.4) is 0 Å². The summed E-state index contributed by atoms with van der Waals surface area (Å²) in [6.45, 7) is 2.09. The number of nitrogens with zero attached hydrogens (tertiary/aromatic N) is 4. The van der Waals surface area contributed by atoms with Gasteiger partial charge in [0.15, 0.2) is 5.82 Å². The summed E-state index contributed by atoms with van der Waals surface area (Å²) in [5.74, 6) is 1.31. The number of hydrogen-bond acceptors (Lipinski definition) is 4. The van der Waals surface area contributed by atoms with E-state index in [1.807, 2.05) is 30.2 Å². The molecular formula is C12H16N4O. The Hall–Kier alpha value is -1.62. The zero-order chi connectivity index (χ0) is 11.8. The Morgan fingerprint density at radius 2 is 2.35 bits per heavy atom. The molecule has 0 amide bonds. The molecule has 1 atom stereocenters. The fourth-order valence-corrected chi connectivity index (χ4v) is 2.45. The first-order valence-corrected chi connectivity index (χ1v) is 5.91. The van der Waals surface area contributed by atoms with Crippen molar-refractivity contribution in [2.24, 2.45) is 13.0 Å². The zero-order valence-corrected chi connectivity index (χ0v) is 9.87. The van der Waals surface area contributed by atoms with Crippen molar-refractivity contribution in [1.29, 1.82) is 0 Å². The monoisotopic (exact) mass is 232 g/mol. The Balaban J connectivity index is 2.00. The first-order valence-electron chi connectivity index (χ1n) is 5.91. The highest BCUT2D eigenvalue weighted by atomic mass is 16.3. The highest BCUT2D eigenvalue weighted by Gasteiger charge is 2.24. The maximum absolute atomic E-state index is 9.18. The van der Waals surface area contributed by atoms with Gasteiger partial charge in [0.25, 0.3) is 0 Å². The molecule has 17 heavy (non-hydrogen) atoms. The third kappa shape index (κ3) is 1.67. The molecule has 1 aliphatic heterocycles. The second kappa shape index (κ2) is 4.00. The van der Waals surface area contributed by atoms with Gasteiger partial charge in [0, 0.05) is 38.9 Å². The molecule has 1 aliphatic rings. The number of imidazole rings is 1. The molecule has 0 saturated carbocycles. The Morgan fingerprint density at radius 3 is 3.12 bits per heavy atom. The third-order valence-electron chi connectivity index (χ3n) is 3.47. The summed E-state index contributed by atoms with van der Waals surface area (Å²) >= 11 is 0. The van der Waals surface area contributed by atoms with Crippen molar-refractivity contribution < 1.29 is 5.11 Å². The molecule has 5 nitrogen and oxygen atoms in total. The largest absolute Gasteiger partial charge is 0.396 e. The lowest BCUT2D eigenvalue weighted by molar-refractivity contribution is 0.238. The van der Waals surface area contributed by atoms with Crippen molar-refractivity contribution in [2.75, 3.05) is 24.6 Å². The fourth-order valence-electron chi connectivity index (χ4n) is 2.45. The van der Waals surface area contributed by atoms with Crippen LogP contribution in [-0.4, -0.2) is 39.3 Å². The van der Waals surface area contributed by atoms with Crippen LogP contribution < -0.4 is 4.90 Å². The number of fused-ring (bicyclic) bond motifs is 1. The molecule has 1 unspecified atom stereocenters. The van der Waals surface area contributed by atoms with Gasteiger partial charge in [-0.1, -0.05) is 0 Å².